The monoisotopic (exact) mass is 554 g/mol. The van der Waals surface area contributed by atoms with Crippen LogP contribution in [0.15, 0.2) is 65.6 Å². The number of carbonyl (C=O) groups excluding carboxylic acids is 3. The van der Waals surface area contributed by atoms with Crippen LogP contribution in [-0.2, 0) is 22.6 Å². The van der Waals surface area contributed by atoms with Gasteiger partial charge in [0.2, 0.25) is 0 Å². The molecule has 1 saturated heterocycles. The summed E-state index contributed by atoms with van der Waals surface area (Å²) < 4.78 is 25.2. The zero-order valence-electron chi connectivity index (χ0n) is 20.6. The van der Waals surface area contributed by atoms with E-state index in [1.54, 1.807) is 18.2 Å². The highest BCUT2D eigenvalue weighted by Crippen LogP contribution is 2.36. The van der Waals surface area contributed by atoms with Crippen molar-refractivity contribution in [1.29, 1.82) is 0 Å². The molecule has 3 aromatic carbocycles. The molecule has 0 atom stereocenters. The number of hydrogen-bond acceptors (Lipinski definition) is 6. The molecule has 0 bridgehead atoms. The van der Waals surface area contributed by atoms with Crippen LogP contribution in [0.1, 0.15) is 23.6 Å². The number of carbonyl (C=O) groups is 3. The van der Waals surface area contributed by atoms with E-state index in [1.165, 1.54) is 36.9 Å². The molecule has 0 radical (unpaired) electrons. The molecule has 1 aliphatic rings. The first-order valence-corrected chi connectivity index (χ1v) is 12.9. The summed E-state index contributed by atoms with van der Waals surface area (Å²) in [6, 6.07) is 16.6. The van der Waals surface area contributed by atoms with Gasteiger partial charge in [-0.15, -0.1) is 0 Å². The lowest BCUT2D eigenvalue weighted by molar-refractivity contribution is -0.123. The van der Waals surface area contributed by atoms with Gasteiger partial charge in [0.25, 0.3) is 17.1 Å². The van der Waals surface area contributed by atoms with Gasteiger partial charge in [0.15, 0.2) is 18.1 Å². The number of aryl methyl sites for hydroxylation is 1. The Balaban J connectivity index is 1.42. The summed E-state index contributed by atoms with van der Waals surface area (Å²) >= 11 is 6.80. The molecular formula is C28H24ClFN2O5S. The first kappa shape index (κ1) is 27.2. The Morgan fingerprint density at radius 1 is 1.11 bits per heavy atom. The first-order valence-electron chi connectivity index (χ1n) is 11.7. The Labute approximate surface area is 228 Å². The number of methoxy groups -OCH3 is 1. The van der Waals surface area contributed by atoms with Gasteiger partial charge in [-0.3, -0.25) is 19.3 Å². The molecule has 3 aromatic rings. The standard InChI is InChI=1S/C28H24ClFN2O5S/c1-3-17-7-10-19(11-8-17)31-26(33)16-37-23-12-9-18(13-24(23)36-2)14-25-27(34)32(28(35)38-25)15-20-21(29)5-4-6-22(20)30/h4-14H,3,15-16H2,1-2H3,(H,31,33)/b25-14-. The van der Waals surface area contributed by atoms with Gasteiger partial charge >= 0.3 is 0 Å². The van der Waals surface area contributed by atoms with Gasteiger partial charge in [-0.25, -0.2) is 4.39 Å². The van der Waals surface area contributed by atoms with Crippen LogP contribution >= 0.6 is 23.4 Å². The van der Waals surface area contributed by atoms with E-state index in [0.717, 1.165) is 23.1 Å². The van der Waals surface area contributed by atoms with Crippen LogP contribution in [0.4, 0.5) is 14.9 Å². The third kappa shape index (κ3) is 6.35. The molecule has 0 aliphatic carbocycles. The quantitative estimate of drug-likeness (QED) is 0.312. The zero-order chi connectivity index (χ0) is 27.2. The second kappa shape index (κ2) is 12.1. The summed E-state index contributed by atoms with van der Waals surface area (Å²) in [5.74, 6) is -0.796. The number of anilines is 1. The number of rotatable bonds is 9. The number of imide groups is 1. The predicted octanol–water partition coefficient (Wildman–Crippen LogP) is 6.30. The maximum atomic E-state index is 14.2. The molecule has 7 nitrogen and oxygen atoms in total. The molecule has 196 valence electrons. The van der Waals surface area contributed by atoms with Gasteiger partial charge in [-0.05, 0) is 71.8 Å². The molecule has 0 saturated carbocycles. The molecule has 0 unspecified atom stereocenters. The number of nitrogens with zero attached hydrogens (tertiary/aromatic N) is 1. The van der Waals surface area contributed by atoms with Crippen LogP contribution in [0.25, 0.3) is 6.08 Å². The van der Waals surface area contributed by atoms with Crippen LogP contribution in [0, 0.1) is 5.82 Å². The molecule has 0 spiro atoms. The highest BCUT2D eigenvalue weighted by molar-refractivity contribution is 8.18. The van der Waals surface area contributed by atoms with Gasteiger partial charge in [0.05, 0.1) is 18.6 Å². The largest absolute Gasteiger partial charge is 0.493 e. The topological polar surface area (TPSA) is 84.9 Å². The molecule has 1 N–H and O–H groups in total. The van der Waals surface area contributed by atoms with Crippen molar-refractivity contribution in [2.24, 2.45) is 0 Å². The Bertz CT molecular complexity index is 1390. The van der Waals surface area contributed by atoms with Gasteiger partial charge in [0, 0.05) is 16.3 Å². The minimum atomic E-state index is -0.594. The number of hydrogen-bond donors (Lipinski definition) is 1. The lowest BCUT2D eigenvalue weighted by Gasteiger charge is -2.14. The minimum Gasteiger partial charge on any atom is -0.493 e. The van der Waals surface area contributed by atoms with Crippen molar-refractivity contribution in [2.45, 2.75) is 19.9 Å². The van der Waals surface area contributed by atoms with Crippen molar-refractivity contribution in [3.8, 4) is 11.5 Å². The van der Waals surface area contributed by atoms with Crippen LogP contribution in [0.3, 0.4) is 0 Å². The molecule has 38 heavy (non-hydrogen) atoms. The van der Waals surface area contributed by atoms with E-state index in [0.29, 0.717) is 22.7 Å². The summed E-state index contributed by atoms with van der Waals surface area (Å²) in [6.45, 7) is 1.55. The van der Waals surface area contributed by atoms with E-state index >= 15 is 0 Å². The third-order valence-corrected chi connectivity index (χ3v) is 7.00. The Morgan fingerprint density at radius 3 is 2.55 bits per heavy atom. The number of halogens is 2. The summed E-state index contributed by atoms with van der Waals surface area (Å²) in [5.41, 5.74) is 2.49. The fourth-order valence-electron chi connectivity index (χ4n) is 3.69. The number of amides is 3. The van der Waals surface area contributed by atoms with Crippen LogP contribution < -0.4 is 14.8 Å². The van der Waals surface area contributed by atoms with E-state index in [1.807, 2.05) is 24.3 Å². The molecular weight excluding hydrogens is 531 g/mol. The second-order valence-electron chi connectivity index (χ2n) is 8.27. The van der Waals surface area contributed by atoms with Crippen molar-refractivity contribution in [2.75, 3.05) is 19.0 Å². The number of nitrogens with one attached hydrogen (secondary N) is 1. The molecule has 1 heterocycles. The summed E-state index contributed by atoms with van der Waals surface area (Å²) in [5, 5.41) is 2.39. The summed E-state index contributed by atoms with van der Waals surface area (Å²) in [6.07, 6.45) is 2.45. The maximum absolute atomic E-state index is 14.2. The fourth-order valence-corrected chi connectivity index (χ4v) is 4.75. The van der Waals surface area contributed by atoms with Crippen molar-refractivity contribution < 1.29 is 28.2 Å². The van der Waals surface area contributed by atoms with Gasteiger partial charge in [-0.2, -0.15) is 0 Å². The van der Waals surface area contributed by atoms with E-state index < -0.39 is 17.0 Å². The minimum absolute atomic E-state index is 0.0721. The van der Waals surface area contributed by atoms with Crippen LogP contribution in [-0.4, -0.2) is 35.7 Å². The third-order valence-electron chi connectivity index (χ3n) is 5.74. The predicted molar refractivity (Wildman–Crippen MR) is 146 cm³/mol. The lowest BCUT2D eigenvalue weighted by Crippen LogP contribution is -2.28. The average molecular weight is 555 g/mol. The number of thioether (sulfide) groups is 1. The molecule has 1 aliphatic heterocycles. The molecule has 1 fully saturated rings. The van der Waals surface area contributed by atoms with Gasteiger partial charge in [-0.1, -0.05) is 42.8 Å². The Kier molecular flexibility index (Phi) is 8.70. The van der Waals surface area contributed by atoms with Crippen molar-refractivity contribution in [3.05, 3.63) is 93.1 Å². The lowest BCUT2D eigenvalue weighted by atomic mass is 10.1. The van der Waals surface area contributed by atoms with Crippen molar-refractivity contribution in [3.63, 3.8) is 0 Å². The fraction of sp³-hybridized carbons (Fsp3) is 0.179. The van der Waals surface area contributed by atoms with E-state index in [-0.39, 0.29) is 34.6 Å². The van der Waals surface area contributed by atoms with Crippen LogP contribution in [0.5, 0.6) is 11.5 Å². The van der Waals surface area contributed by atoms with E-state index in [2.05, 4.69) is 12.2 Å². The smallest absolute Gasteiger partial charge is 0.293 e. The van der Waals surface area contributed by atoms with Gasteiger partial charge in [0.1, 0.15) is 5.82 Å². The van der Waals surface area contributed by atoms with Gasteiger partial charge < -0.3 is 14.8 Å². The maximum Gasteiger partial charge on any atom is 0.293 e. The molecule has 4 rings (SSSR count). The SMILES string of the molecule is CCc1ccc(NC(=O)COc2ccc(/C=C3\SC(=O)N(Cc4c(F)cccc4Cl)C3=O)cc2OC)cc1. The Morgan fingerprint density at radius 2 is 1.87 bits per heavy atom. The zero-order valence-corrected chi connectivity index (χ0v) is 22.2. The first-order chi connectivity index (χ1) is 18.3. The number of benzene rings is 3. The van der Waals surface area contributed by atoms with E-state index in [4.69, 9.17) is 21.1 Å². The molecule has 10 heteroatoms. The molecule has 3 amide bonds. The average Bonchev–Trinajstić information content (AvgIpc) is 3.17. The van der Waals surface area contributed by atoms with Crippen molar-refractivity contribution in [1.82, 2.24) is 4.90 Å². The highest BCUT2D eigenvalue weighted by Gasteiger charge is 2.36. The number of ether oxygens (including phenoxy) is 2. The summed E-state index contributed by atoms with van der Waals surface area (Å²) in [7, 11) is 1.45. The normalized spacial score (nSPS) is 14.2. The van der Waals surface area contributed by atoms with E-state index in [9.17, 15) is 18.8 Å². The second-order valence-corrected chi connectivity index (χ2v) is 9.67. The van der Waals surface area contributed by atoms with Crippen LogP contribution in [0.2, 0.25) is 5.02 Å². The Hall–Kier alpha value is -3.82. The highest BCUT2D eigenvalue weighted by atomic mass is 35.5. The molecule has 0 aromatic heterocycles. The van der Waals surface area contributed by atoms with Crippen molar-refractivity contribution >= 4 is 52.2 Å². The summed E-state index contributed by atoms with van der Waals surface area (Å²) in [4.78, 5) is 38.8.